The van der Waals surface area contributed by atoms with E-state index in [-0.39, 0.29) is 24.5 Å². The van der Waals surface area contributed by atoms with E-state index in [0.29, 0.717) is 12.4 Å². The van der Waals surface area contributed by atoms with Crippen LogP contribution in [0.2, 0.25) is 0 Å². The van der Waals surface area contributed by atoms with Gasteiger partial charge in [-0.2, -0.15) is 18.3 Å². The van der Waals surface area contributed by atoms with Crippen LogP contribution in [0.4, 0.5) is 13.2 Å². The van der Waals surface area contributed by atoms with Gasteiger partial charge in [0, 0.05) is 12.5 Å². The molecule has 23 heavy (non-hydrogen) atoms. The molecule has 1 aliphatic heterocycles. The van der Waals surface area contributed by atoms with E-state index < -0.39 is 12.7 Å². The Bertz CT molecular complexity index is 507. The first kappa shape index (κ1) is 16.7. The second-order valence-corrected chi connectivity index (χ2v) is 6.29. The van der Waals surface area contributed by atoms with Crippen LogP contribution in [0.5, 0.6) is 0 Å². The molecule has 2 heterocycles. The number of halogens is 3. The molecular weight excluding hydrogens is 311 g/mol. The van der Waals surface area contributed by atoms with E-state index in [1.807, 2.05) is 0 Å². The Labute approximate surface area is 133 Å². The molecule has 1 aliphatic carbocycles. The van der Waals surface area contributed by atoms with Crippen LogP contribution in [0, 0.1) is 0 Å². The van der Waals surface area contributed by atoms with Crippen LogP contribution in [0.15, 0.2) is 0 Å². The molecule has 0 radical (unpaired) electrons. The van der Waals surface area contributed by atoms with Gasteiger partial charge >= 0.3 is 6.18 Å². The monoisotopic (exact) mass is 333 g/mol. The molecule has 1 aromatic rings. The van der Waals surface area contributed by atoms with E-state index in [1.165, 1.54) is 0 Å². The Hall–Kier alpha value is -1.15. The molecule has 1 unspecified atom stereocenters. The van der Waals surface area contributed by atoms with Crippen molar-refractivity contribution in [1.29, 1.82) is 0 Å². The molecule has 8 heteroatoms. The minimum Gasteiger partial charge on any atom is -0.376 e. The number of alkyl halides is 3. The predicted molar refractivity (Wildman–Crippen MR) is 75.9 cm³/mol. The average Bonchev–Trinajstić information content (AvgIpc) is 3.18. The van der Waals surface area contributed by atoms with E-state index in [9.17, 15) is 13.2 Å². The highest BCUT2D eigenvalue weighted by Crippen LogP contribution is 2.32. The summed E-state index contributed by atoms with van der Waals surface area (Å²) in [5.41, 5.74) is 0. The van der Waals surface area contributed by atoms with Crippen molar-refractivity contribution in [2.75, 3.05) is 13.2 Å². The highest BCUT2D eigenvalue weighted by Gasteiger charge is 2.31. The Morgan fingerprint density at radius 2 is 1.96 bits per heavy atom. The predicted octanol–water partition coefficient (Wildman–Crippen LogP) is 3.19. The molecule has 0 spiro atoms. The van der Waals surface area contributed by atoms with E-state index in [0.717, 1.165) is 49.8 Å². The van der Waals surface area contributed by atoms with Crippen molar-refractivity contribution in [3.63, 3.8) is 0 Å². The van der Waals surface area contributed by atoms with Crippen molar-refractivity contribution < 1.29 is 22.6 Å². The molecule has 0 bridgehead atoms. The van der Waals surface area contributed by atoms with Gasteiger partial charge in [-0.1, -0.05) is 12.8 Å². The van der Waals surface area contributed by atoms with E-state index in [1.54, 1.807) is 0 Å². The van der Waals surface area contributed by atoms with Gasteiger partial charge in [0.1, 0.15) is 13.2 Å². The van der Waals surface area contributed by atoms with Crippen molar-refractivity contribution in [2.45, 2.75) is 69.9 Å². The summed E-state index contributed by atoms with van der Waals surface area (Å²) in [6, 6.07) is 0. The zero-order valence-corrected chi connectivity index (χ0v) is 13.0. The summed E-state index contributed by atoms with van der Waals surface area (Å²) in [6.45, 7) is 0.0305. The van der Waals surface area contributed by atoms with Crippen molar-refractivity contribution in [2.24, 2.45) is 0 Å². The second-order valence-electron chi connectivity index (χ2n) is 6.29. The molecular formula is C15H22F3N3O2. The molecule has 1 atom stereocenters. The Morgan fingerprint density at radius 1 is 1.17 bits per heavy atom. The number of rotatable bonds is 6. The molecule has 1 saturated heterocycles. The fraction of sp³-hybridized carbons (Fsp3) is 0.867. The molecule has 0 amide bonds. The van der Waals surface area contributed by atoms with E-state index in [4.69, 9.17) is 9.47 Å². The van der Waals surface area contributed by atoms with Gasteiger partial charge in [-0.15, -0.1) is 0 Å². The highest BCUT2D eigenvalue weighted by atomic mass is 19.4. The van der Waals surface area contributed by atoms with Crippen LogP contribution in [0.1, 0.15) is 56.1 Å². The topological polar surface area (TPSA) is 49.2 Å². The van der Waals surface area contributed by atoms with E-state index >= 15 is 0 Å². The van der Waals surface area contributed by atoms with Crippen LogP contribution < -0.4 is 0 Å². The summed E-state index contributed by atoms with van der Waals surface area (Å²) < 4.78 is 50.1. The van der Waals surface area contributed by atoms with Crippen molar-refractivity contribution in [3.05, 3.63) is 11.6 Å². The summed E-state index contributed by atoms with van der Waals surface area (Å²) in [7, 11) is 0. The number of aromatic nitrogens is 3. The smallest absolute Gasteiger partial charge is 0.376 e. The fourth-order valence-corrected chi connectivity index (χ4v) is 3.21. The summed E-state index contributed by atoms with van der Waals surface area (Å²) in [5, 5.41) is 4.10. The molecule has 0 aromatic carbocycles. The molecule has 1 aromatic heterocycles. The Balaban J connectivity index is 1.64. The van der Waals surface area contributed by atoms with Gasteiger partial charge in [0.05, 0.1) is 12.7 Å². The quantitative estimate of drug-likeness (QED) is 0.802. The lowest BCUT2D eigenvalue weighted by Crippen LogP contribution is -2.22. The maximum absolute atomic E-state index is 12.7. The third-order valence-electron chi connectivity index (χ3n) is 4.37. The van der Waals surface area contributed by atoms with Crippen molar-refractivity contribution >= 4 is 0 Å². The maximum atomic E-state index is 12.7. The van der Waals surface area contributed by atoms with Gasteiger partial charge in [0.15, 0.2) is 11.6 Å². The summed E-state index contributed by atoms with van der Waals surface area (Å²) in [5.74, 6) is 0.964. The number of hydrogen-bond acceptors (Lipinski definition) is 4. The van der Waals surface area contributed by atoms with E-state index in [2.05, 4.69) is 10.1 Å². The van der Waals surface area contributed by atoms with Crippen LogP contribution in [-0.2, 0) is 22.6 Å². The standard InChI is InChI=1S/C15H22F3N3O2/c16-15(17,18)10-21-13(9-22-8-12-6-3-7-23-12)19-14(20-21)11-4-1-2-5-11/h11-12H,1-10H2. The normalized spacial score (nSPS) is 23.0. The summed E-state index contributed by atoms with van der Waals surface area (Å²) in [6.07, 6.45) is 1.74. The van der Waals surface area contributed by atoms with Crippen molar-refractivity contribution in [3.8, 4) is 0 Å². The average molecular weight is 333 g/mol. The van der Waals surface area contributed by atoms with Crippen molar-refractivity contribution in [1.82, 2.24) is 14.8 Å². The molecule has 2 fully saturated rings. The van der Waals surface area contributed by atoms with Gasteiger partial charge in [-0.25, -0.2) is 9.67 Å². The number of hydrogen-bond donors (Lipinski definition) is 0. The van der Waals surface area contributed by atoms with Gasteiger partial charge in [-0.05, 0) is 25.7 Å². The van der Waals surface area contributed by atoms with Crippen LogP contribution in [0.25, 0.3) is 0 Å². The van der Waals surface area contributed by atoms with Crippen LogP contribution in [0.3, 0.4) is 0 Å². The summed E-state index contributed by atoms with van der Waals surface area (Å²) in [4.78, 5) is 4.33. The first-order valence-electron chi connectivity index (χ1n) is 8.21. The number of nitrogens with zero attached hydrogens (tertiary/aromatic N) is 3. The molecule has 130 valence electrons. The molecule has 0 N–H and O–H groups in total. The first-order valence-corrected chi connectivity index (χ1v) is 8.21. The zero-order valence-electron chi connectivity index (χ0n) is 13.0. The van der Waals surface area contributed by atoms with Gasteiger partial charge in [-0.3, -0.25) is 0 Å². The lowest BCUT2D eigenvalue weighted by molar-refractivity contribution is -0.143. The Morgan fingerprint density at radius 3 is 2.61 bits per heavy atom. The second kappa shape index (κ2) is 7.17. The van der Waals surface area contributed by atoms with Gasteiger partial charge in [0.2, 0.25) is 0 Å². The molecule has 3 rings (SSSR count). The fourth-order valence-electron chi connectivity index (χ4n) is 3.21. The number of ether oxygens (including phenoxy) is 2. The zero-order chi connectivity index (χ0) is 16.3. The van der Waals surface area contributed by atoms with Gasteiger partial charge in [0.25, 0.3) is 0 Å². The largest absolute Gasteiger partial charge is 0.408 e. The summed E-state index contributed by atoms with van der Waals surface area (Å²) >= 11 is 0. The molecule has 1 saturated carbocycles. The van der Waals surface area contributed by atoms with Crippen LogP contribution >= 0.6 is 0 Å². The Kier molecular flexibility index (Phi) is 5.21. The minimum absolute atomic E-state index is 0.0374. The molecule has 5 nitrogen and oxygen atoms in total. The lowest BCUT2D eigenvalue weighted by atomic mass is 10.1. The SMILES string of the molecule is FC(F)(F)Cn1nc(C2CCCC2)nc1COCC1CCCO1. The lowest BCUT2D eigenvalue weighted by Gasteiger charge is -2.11. The third-order valence-corrected chi connectivity index (χ3v) is 4.37. The third kappa shape index (κ3) is 4.67. The minimum atomic E-state index is -4.32. The maximum Gasteiger partial charge on any atom is 0.408 e. The van der Waals surface area contributed by atoms with Crippen LogP contribution in [-0.4, -0.2) is 40.3 Å². The molecule has 2 aliphatic rings. The van der Waals surface area contributed by atoms with Gasteiger partial charge < -0.3 is 9.47 Å². The highest BCUT2D eigenvalue weighted by molar-refractivity contribution is 5.01. The first-order chi connectivity index (χ1) is 11.0.